The van der Waals surface area contributed by atoms with E-state index in [9.17, 15) is 5.26 Å². The van der Waals surface area contributed by atoms with Crippen LogP contribution in [0.15, 0.2) is 17.7 Å². The molecule has 4 heteroatoms. The normalized spacial score (nSPS) is 15.2. The fourth-order valence-electron chi connectivity index (χ4n) is 3.35. The van der Waals surface area contributed by atoms with Crippen molar-refractivity contribution in [2.24, 2.45) is 0 Å². The summed E-state index contributed by atoms with van der Waals surface area (Å²) in [6.45, 7) is 2.20. The van der Waals surface area contributed by atoms with Gasteiger partial charge in [0.1, 0.15) is 23.8 Å². The van der Waals surface area contributed by atoms with Crippen molar-refractivity contribution in [3.8, 4) is 18.2 Å². The van der Waals surface area contributed by atoms with Crippen molar-refractivity contribution in [2.45, 2.75) is 25.7 Å². The topological polar surface area (TPSA) is 74.6 Å². The molecule has 0 saturated heterocycles. The van der Waals surface area contributed by atoms with Gasteiger partial charge in [0.2, 0.25) is 0 Å². The molecule has 3 rings (SSSR count). The predicted octanol–water partition coefficient (Wildman–Crippen LogP) is 2.71. The van der Waals surface area contributed by atoms with Crippen LogP contribution in [-0.2, 0) is 12.8 Å². The Kier molecular flexibility index (Phi) is 3.35. The number of allylic oxidation sites excluding steroid dienone is 2. The molecule has 2 aliphatic heterocycles. The zero-order chi connectivity index (χ0) is 14.8. The van der Waals surface area contributed by atoms with Gasteiger partial charge in [-0.3, -0.25) is 0 Å². The van der Waals surface area contributed by atoms with Crippen molar-refractivity contribution in [1.82, 2.24) is 0 Å². The van der Waals surface area contributed by atoms with Gasteiger partial charge in [-0.15, -0.1) is 0 Å². The fourth-order valence-corrected chi connectivity index (χ4v) is 3.35. The number of aryl methyl sites for hydroxylation is 2. The van der Waals surface area contributed by atoms with Gasteiger partial charge in [-0.1, -0.05) is 0 Å². The van der Waals surface area contributed by atoms with E-state index in [4.69, 9.17) is 10.5 Å². The van der Waals surface area contributed by atoms with Crippen LogP contribution in [0.3, 0.4) is 0 Å². The molecule has 0 radical (unpaired) electrons. The average molecular weight is 274 g/mol. The second-order valence-corrected chi connectivity index (χ2v) is 5.42. The Labute approximate surface area is 124 Å². The molecule has 0 bridgehead atoms. The van der Waals surface area contributed by atoms with E-state index in [-0.39, 0.29) is 11.1 Å². The third-order valence-corrected chi connectivity index (χ3v) is 4.21. The van der Waals surface area contributed by atoms with Crippen LogP contribution in [0, 0.1) is 34.0 Å². The highest BCUT2D eigenvalue weighted by atomic mass is 15.1. The Balaban J connectivity index is 2.20. The molecule has 0 fully saturated rings. The molecule has 2 heterocycles. The number of hydrogen-bond acceptors (Lipinski definition) is 4. The first-order valence-electron chi connectivity index (χ1n) is 7.14. The number of hydrogen-bond donors (Lipinski definition) is 0. The molecule has 0 aromatic heterocycles. The Morgan fingerprint density at radius 2 is 1.48 bits per heavy atom. The summed E-state index contributed by atoms with van der Waals surface area (Å²) in [5, 5.41) is 27.4. The van der Waals surface area contributed by atoms with Crippen LogP contribution in [-0.4, -0.2) is 13.1 Å². The van der Waals surface area contributed by atoms with Crippen molar-refractivity contribution in [3.63, 3.8) is 0 Å². The highest BCUT2D eigenvalue weighted by Crippen LogP contribution is 2.37. The minimum Gasteiger partial charge on any atom is -0.371 e. The first-order valence-corrected chi connectivity index (χ1v) is 7.14. The molecule has 0 aliphatic carbocycles. The summed E-state index contributed by atoms with van der Waals surface area (Å²) < 4.78 is 0. The molecule has 0 saturated carbocycles. The third-order valence-electron chi connectivity index (χ3n) is 4.21. The van der Waals surface area contributed by atoms with Gasteiger partial charge in [0.05, 0.1) is 5.57 Å². The quantitative estimate of drug-likeness (QED) is 0.738. The van der Waals surface area contributed by atoms with Crippen molar-refractivity contribution < 1.29 is 0 Å². The van der Waals surface area contributed by atoms with Gasteiger partial charge in [0, 0.05) is 18.8 Å². The molecule has 21 heavy (non-hydrogen) atoms. The van der Waals surface area contributed by atoms with E-state index in [0.717, 1.165) is 38.8 Å². The minimum atomic E-state index is -0.104. The van der Waals surface area contributed by atoms with Crippen molar-refractivity contribution in [3.05, 3.63) is 34.4 Å². The molecule has 2 aliphatic rings. The monoisotopic (exact) mass is 274 g/mol. The lowest BCUT2D eigenvalue weighted by Gasteiger charge is -2.37. The summed E-state index contributed by atoms with van der Waals surface area (Å²) >= 11 is 0. The fraction of sp³-hybridized carbons (Fsp3) is 0.353. The van der Waals surface area contributed by atoms with Crippen molar-refractivity contribution in [2.75, 3.05) is 18.0 Å². The van der Waals surface area contributed by atoms with Gasteiger partial charge in [0.15, 0.2) is 0 Å². The van der Waals surface area contributed by atoms with Gasteiger partial charge in [0.25, 0.3) is 0 Å². The molecule has 0 N–H and O–H groups in total. The van der Waals surface area contributed by atoms with Crippen LogP contribution >= 0.6 is 0 Å². The Bertz CT molecular complexity index is 705. The molecule has 1 aromatic rings. The van der Waals surface area contributed by atoms with Crippen LogP contribution in [0.25, 0.3) is 5.57 Å². The summed E-state index contributed by atoms with van der Waals surface area (Å²) in [6.07, 6.45) is 4.23. The summed E-state index contributed by atoms with van der Waals surface area (Å²) in [5.74, 6) is 0. The molecule has 1 aromatic carbocycles. The van der Waals surface area contributed by atoms with Crippen LogP contribution in [0.4, 0.5) is 5.69 Å². The maximum absolute atomic E-state index is 9.33. The Morgan fingerprint density at radius 1 is 0.905 bits per heavy atom. The average Bonchev–Trinajstić information content (AvgIpc) is 2.53. The minimum absolute atomic E-state index is 0.104. The predicted molar refractivity (Wildman–Crippen MR) is 79.1 cm³/mol. The highest BCUT2D eigenvalue weighted by Gasteiger charge is 2.25. The third kappa shape index (κ3) is 2.14. The molecule has 4 nitrogen and oxygen atoms in total. The first-order chi connectivity index (χ1) is 10.3. The lowest BCUT2D eigenvalue weighted by Crippen LogP contribution is -2.34. The summed E-state index contributed by atoms with van der Waals surface area (Å²) in [6, 6.07) is 9.66. The first kappa shape index (κ1) is 13.2. The van der Waals surface area contributed by atoms with E-state index in [0.29, 0.717) is 5.56 Å². The van der Waals surface area contributed by atoms with E-state index in [2.05, 4.69) is 4.90 Å². The van der Waals surface area contributed by atoms with Gasteiger partial charge in [-0.05, 0) is 54.5 Å². The zero-order valence-corrected chi connectivity index (χ0v) is 11.7. The molecule has 102 valence electrons. The molecule has 0 unspecified atom stereocenters. The van der Waals surface area contributed by atoms with Gasteiger partial charge < -0.3 is 4.90 Å². The lowest BCUT2D eigenvalue weighted by molar-refractivity contribution is 0.634. The van der Waals surface area contributed by atoms with E-state index in [1.807, 2.05) is 30.3 Å². The number of anilines is 1. The van der Waals surface area contributed by atoms with Crippen LogP contribution < -0.4 is 4.90 Å². The zero-order valence-electron chi connectivity index (χ0n) is 11.7. The smallest absolute Gasteiger partial charge is 0.148 e. The number of benzene rings is 1. The molecular weight excluding hydrogens is 260 g/mol. The van der Waals surface area contributed by atoms with E-state index in [1.165, 1.54) is 16.8 Å². The highest BCUT2D eigenvalue weighted by molar-refractivity contribution is 5.86. The van der Waals surface area contributed by atoms with Gasteiger partial charge in [-0.2, -0.15) is 15.8 Å². The lowest BCUT2D eigenvalue weighted by atomic mass is 9.88. The summed E-state index contributed by atoms with van der Waals surface area (Å²) in [5.41, 5.74) is 4.62. The van der Waals surface area contributed by atoms with Crippen LogP contribution in [0.1, 0.15) is 29.5 Å². The molecule has 0 atom stereocenters. The number of nitriles is 3. The molecule has 0 amide bonds. The number of nitrogens with zero attached hydrogens (tertiary/aromatic N) is 4. The van der Waals surface area contributed by atoms with E-state index in [1.54, 1.807) is 0 Å². The maximum atomic E-state index is 9.33. The van der Waals surface area contributed by atoms with Crippen LogP contribution in [0.5, 0.6) is 0 Å². The van der Waals surface area contributed by atoms with E-state index < -0.39 is 0 Å². The summed E-state index contributed by atoms with van der Waals surface area (Å²) in [4.78, 5) is 2.42. The maximum Gasteiger partial charge on any atom is 0.148 e. The Hall–Kier alpha value is -2.77. The van der Waals surface area contributed by atoms with Crippen molar-refractivity contribution >= 4 is 11.3 Å². The SMILES string of the molecule is N#CC(C#N)=C(C#N)c1cc2c3c(c1)CCCN3CCC2. The van der Waals surface area contributed by atoms with Crippen LogP contribution in [0.2, 0.25) is 0 Å². The largest absolute Gasteiger partial charge is 0.371 e. The summed E-state index contributed by atoms with van der Waals surface area (Å²) in [7, 11) is 0. The van der Waals surface area contributed by atoms with E-state index >= 15 is 0 Å². The van der Waals surface area contributed by atoms with Gasteiger partial charge in [-0.25, -0.2) is 0 Å². The molecular formula is C17H14N4. The second kappa shape index (κ2) is 5.31. The number of rotatable bonds is 1. The van der Waals surface area contributed by atoms with Crippen molar-refractivity contribution in [1.29, 1.82) is 15.8 Å². The standard InChI is InChI=1S/C17H14N4/c18-9-15(10-19)16(11-20)14-7-12-3-1-5-21-6-2-4-13(8-14)17(12)21/h7-8H,1-6H2. The second-order valence-electron chi connectivity index (χ2n) is 5.42. The Morgan fingerprint density at radius 3 is 1.95 bits per heavy atom. The van der Waals surface area contributed by atoms with Gasteiger partial charge >= 0.3 is 0 Å². The molecule has 0 spiro atoms.